The van der Waals surface area contributed by atoms with Crippen LogP contribution in [0.25, 0.3) is 10.2 Å². The first kappa shape index (κ1) is 21.8. The maximum absolute atomic E-state index is 12.9. The Kier molecular flexibility index (Phi) is 5.86. The van der Waals surface area contributed by atoms with Crippen LogP contribution in [0, 0.1) is 6.92 Å². The predicted molar refractivity (Wildman–Crippen MR) is 127 cm³/mol. The first-order chi connectivity index (χ1) is 15.3. The Morgan fingerprint density at radius 3 is 2.38 bits per heavy atom. The van der Waals surface area contributed by atoms with Crippen LogP contribution in [-0.4, -0.2) is 33.5 Å². The lowest BCUT2D eigenvalue weighted by Crippen LogP contribution is -2.26. The molecule has 1 N–H and O–H groups in total. The summed E-state index contributed by atoms with van der Waals surface area (Å²) in [6.07, 6.45) is 0. The summed E-state index contributed by atoms with van der Waals surface area (Å²) in [5, 5.41) is 3.23. The fourth-order valence-electron chi connectivity index (χ4n) is 3.21. The van der Waals surface area contributed by atoms with Crippen molar-refractivity contribution in [2.24, 2.45) is 0 Å². The average molecular weight is 468 g/mol. The lowest BCUT2D eigenvalue weighted by Gasteiger charge is -2.19. The molecule has 4 aromatic rings. The molecule has 0 radical (unpaired) electrons. The number of thiazole rings is 1. The molecule has 0 spiro atoms. The van der Waals surface area contributed by atoms with E-state index in [4.69, 9.17) is 4.74 Å². The van der Waals surface area contributed by atoms with Gasteiger partial charge in [0.1, 0.15) is 11.3 Å². The average Bonchev–Trinajstić information content (AvgIpc) is 3.24. The van der Waals surface area contributed by atoms with Crippen molar-refractivity contribution in [2.75, 3.05) is 23.8 Å². The molecule has 1 amide bonds. The summed E-state index contributed by atoms with van der Waals surface area (Å²) >= 11 is 1.36. The Bertz CT molecular complexity index is 1380. The third kappa shape index (κ3) is 4.04. The molecule has 4 rings (SSSR count). The van der Waals surface area contributed by atoms with Crippen LogP contribution in [0.3, 0.4) is 0 Å². The summed E-state index contributed by atoms with van der Waals surface area (Å²) in [5.41, 5.74) is 2.61. The Labute approximate surface area is 190 Å². The van der Waals surface area contributed by atoms with Crippen LogP contribution in [0.15, 0.2) is 71.6 Å². The number of sulfonamides is 1. The Hall–Kier alpha value is -3.43. The summed E-state index contributed by atoms with van der Waals surface area (Å²) in [7, 11) is -0.675. The van der Waals surface area contributed by atoms with E-state index in [9.17, 15) is 13.2 Å². The number of hydrogen-bond donors (Lipinski definition) is 1. The second kappa shape index (κ2) is 8.60. The molecule has 0 aliphatic carbocycles. The van der Waals surface area contributed by atoms with E-state index in [0.29, 0.717) is 27.6 Å². The molecule has 1 aromatic heterocycles. The van der Waals surface area contributed by atoms with E-state index in [0.717, 1.165) is 10.3 Å². The molecule has 0 fully saturated rings. The number of para-hydroxylation sites is 1. The largest absolute Gasteiger partial charge is 0.494 e. The first-order valence-corrected chi connectivity index (χ1v) is 12.0. The molecule has 0 aliphatic heterocycles. The van der Waals surface area contributed by atoms with Crippen molar-refractivity contribution in [2.45, 2.75) is 11.8 Å². The van der Waals surface area contributed by atoms with Crippen molar-refractivity contribution in [3.63, 3.8) is 0 Å². The molecule has 3 aromatic carbocycles. The third-order valence-electron chi connectivity index (χ3n) is 5.04. The molecule has 0 bridgehead atoms. The molecule has 0 saturated heterocycles. The fourth-order valence-corrected chi connectivity index (χ4v) is 5.35. The molecule has 0 atom stereocenters. The number of anilines is 2. The zero-order valence-corrected chi connectivity index (χ0v) is 19.3. The number of rotatable bonds is 6. The molecular weight excluding hydrogens is 446 g/mol. The van der Waals surface area contributed by atoms with Crippen LogP contribution in [0.2, 0.25) is 0 Å². The minimum absolute atomic E-state index is 0.0979. The highest BCUT2D eigenvalue weighted by Crippen LogP contribution is 2.35. The van der Waals surface area contributed by atoms with Crippen LogP contribution >= 0.6 is 11.3 Å². The quantitative estimate of drug-likeness (QED) is 0.444. The van der Waals surface area contributed by atoms with E-state index in [1.165, 1.54) is 47.0 Å². The molecule has 1 heterocycles. The normalized spacial score (nSPS) is 11.3. The van der Waals surface area contributed by atoms with E-state index in [-0.39, 0.29) is 10.8 Å². The van der Waals surface area contributed by atoms with Gasteiger partial charge in [0.2, 0.25) is 0 Å². The first-order valence-electron chi connectivity index (χ1n) is 9.71. The van der Waals surface area contributed by atoms with Gasteiger partial charge < -0.3 is 4.74 Å². The summed E-state index contributed by atoms with van der Waals surface area (Å²) in [6, 6.07) is 18.4. The number of aromatic nitrogens is 1. The van der Waals surface area contributed by atoms with Crippen molar-refractivity contribution >= 4 is 48.3 Å². The molecule has 0 saturated carbocycles. The van der Waals surface area contributed by atoms with Crippen molar-refractivity contribution < 1.29 is 17.9 Å². The highest BCUT2D eigenvalue weighted by atomic mass is 32.2. The van der Waals surface area contributed by atoms with Crippen LogP contribution in [0.5, 0.6) is 5.75 Å². The number of nitrogens with zero attached hydrogens (tertiary/aromatic N) is 2. The van der Waals surface area contributed by atoms with Gasteiger partial charge in [0, 0.05) is 12.6 Å². The molecule has 0 aliphatic rings. The van der Waals surface area contributed by atoms with Gasteiger partial charge in [0.05, 0.1) is 22.4 Å². The monoisotopic (exact) mass is 467 g/mol. The summed E-state index contributed by atoms with van der Waals surface area (Å²) < 4.78 is 33.3. The van der Waals surface area contributed by atoms with E-state index >= 15 is 0 Å². The molecular formula is C23H21N3O4S2. The number of amides is 1. The standard InChI is InChI=1S/C23H21N3O4S2/c1-15-9-14-19(30-3)20-21(15)31-23(24-20)25-22(27)16-10-12-18(13-11-16)32(28,29)26(2)17-7-5-4-6-8-17/h4-14H,1-3H3,(H,24,25,27). The number of hydrogen-bond acceptors (Lipinski definition) is 6. The highest BCUT2D eigenvalue weighted by molar-refractivity contribution is 7.92. The maximum Gasteiger partial charge on any atom is 0.264 e. The van der Waals surface area contributed by atoms with Gasteiger partial charge >= 0.3 is 0 Å². The van der Waals surface area contributed by atoms with E-state index in [2.05, 4.69) is 10.3 Å². The molecule has 32 heavy (non-hydrogen) atoms. The number of benzene rings is 3. The Morgan fingerprint density at radius 1 is 1.03 bits per heavy atom. The second-order valence-electron chi connectivity index (χ2n) is 7.07. The smallest absolute Gasteiger partial charge is 0.264 e. The zero-order valence-electron chi connectivity index (χ0n) is 17.7. The van der Waals surface area contributed by atoms with Crippen LogP contribution in [-0.2, 0) is 10.0 Å². The number of nitrogens with one attached hydrogen (secondary N) is 1. The van der Waals surface area contributed by atoms with Gasteiger partial charge in [-0.15, -0.1) is 0 Å². The van der Waals surface area contributed by atoms with Crippen LogP contribution < -0.4 is 14.4 Å². The molecule has 0 unspecified atom stereocenters. The topological polar surface area (TPSA) is 88.6 Å². The number of carbonyl (C=O) groups is 1. The second-order valence-corrected chi connectivity index (χ2v) is 10.0. The summed E-state index contributed by atoms with van der Waals surface area (Å²) in [5.74, 6) is 0.264. The van der Waals surface area contributed by atoms with Crippen molar-refractivity contribution in [1.82, 2.24) is 4.98 Å². The lowest BCUT2D eigenvalue weighted by molar-refractivity contribution is 0.102. The van der Waals surface area contributed by atoms with Crippen LogP contribution in [0.1, 0.15) is 15.9 Å². The fraction of sp³-hybridized carbons (Fsp3) is 0.130. The van der Waals surface area contributed by atoms with Crippen molar-refractivity contribution in [3.8, 4) is 5.75 Å². The number of ether oxygens (including phenoxy) is 1. The Balaban J connectivity index is 1.55. The molecule has 9 heteroatoms. The van der Waals surface area contributed by atoms with Gasteiger partial charge in [0.15, 0.2) is 5.13 Å². The zero-order chi connectivity index (χ0) is 22.9. The minimum atomic E-state index is -3.75. The summed E-state index contributed by atoms with van der Waals surface area (Å²) in [6.45, 7) is 1.97. The number of methoxy groups -OCH3 is 1. The van der Waals surface area contributed by atoms with Gasteiger partial charge in [-0.2, -0.15) is 0 Å². The number of fused-ring (bicyclic) bond motifs is 1. The Morgan fingerprint density at radius 2 is 1.72 bits per heavy atom. The van der Waals surface area contributed by atoms with Gasteiger partial charge in [-0.3, -0.25) is 14.4 Å². The predicted octanol–water partition coefficient (Wildman–Crippen LogP) is 4.69. The van der Waals surface area contributed by atoms with E-state index < -0.39 is 10.0 Å². The van der Waals surface area contributed by atoms with Crippen LogP contribution in [0.4, 0.5) is 10.8 Å². The molecule has 7 nitrogen and oxygen atoms in total. The highest BCUT2D eigenvalue weighted by Gasteiger charge is 2.22. The minimum Gasteiger partial charge on any atom is -0.494 e. The van der Waals surface area contributed by atoms with Crippen molar-refractivity contribution in [3.05, 3.63) is 77.9 Å². The van der Waals surface area contributed by atoms with Gasteiger partial charge in [0.25, 0.3) is 15.9 Å². The number of aryl methyl sites for hydroxylation is 1. The van der Waals surface area contributed by atoms with E-state index in [1.807, 2.05) is 25.1 Å². The number of carbonyl (C=O) groups excluding carboxylic acids is 1. The summed E-state index contributed by atoms with van der Waals surface area (Å²) in [4.78, 5) is 17.3. The van der Waals surface area contributed by atoms with E-state index in [1.54, 1.807) is 31.4 Å². The van der Waals surface area contributed by atoms with Gasteiger partial charge in [-0.25, -0.2) is 13.4 Å². The SMILES string of the molecule is COc1ccc(C)c2sc(NC(=O)c3ccc(S(=O)(=O)N(C)c4ccccc4)cc3)nc12. The third-order valence-corrected chi connectivity index (χ3v) is 7.94. The maximum atomic E-state index is 12.9. The molecule has 164 valence electrons. The van der Waals surface area contributed by atoms with Gasteiger partial charge in [-0.05, 0) is 55.0 Å². The van der Waals surface area contributed by atoms with Gasteiger partial charge in [-0.1, -0.05) is 35.6 Å². The lowest BCUT2D eigenvalue weighted by atomic mass is 10.2. The van der Waals surface area contributed by atoms with Crippen molar-refractivity contribution in [1.29, 1.82) is 0 Å².